The van der Waals surface area contributed by atoms with Gasteiger partial charge in [-0.3, -0.25) is 4.18 Å². The Hall–Kier alpha value is -1.60. The van der Waals surface area contributed by atoms with Crippen LogP contribution in [-0.4, -0.2) is 44.2 Å². The Labute approximate surface area is 156 Å². The highest BCUT2D eigenvalue weighted by Crippen LogP contribution is 2.24. The van der Waals surface area contributed by atoms with Crippen LogP contribution in [0.4, 0.5) is 4.79 Å². The summed E-state index contributed by atoms with van der Waals surface area (Å²) in [4.78, 5) is 14.2. The van der Waals surface area contributed by atoms with E-state index in [4.69, 9.17) is 8.92 Å². The Morgan fingerprint density at radius 3 is 2.50 bits per heavy atom. The fourth-order valence-corrected chi connectivity index (χ4v) is 3.90. The van der Waals surface area contributed by atoms with Crippen molar-refractivity contribution in [2.75, 3.05) is 13.2 Å². The van der Waals surface area contributed by atoms with Crippen molar-refractivity contribution in [1.29, 1.82) is 0 Å². The number of likely N-dealkylation sites (tertiary alicyclic amines) is 1. The number of ether oxygens (including phenoxy) is 1. The molecule has 1 fully saturated rings. The van der Waals surface area contributed by atoms with Gasteiger partial charge < -0.3 is 9.64 Å². The van der Waals surface area contributed by atoms with Gasteiger partial charge in [-0.2, -0.15) is 8.42 Å². The second-order valence-electron chi connectivity index (χ2n) is 7.70. The predicted octanol–water partition coefficient (Wildman–Crippen LogP) is 3.88. The van der Waals surface area contributed by atoms with Gasteiger partial charge in [-0.1, -0.05) is 17.7 Å². The molecule has 0 aromatic heterocycles. The SMILES string of the molecule is Cc1ccc(S(=O)(=O)OCCC[C@@H]2CCCN2C(=O)OC(C)(C)C)cc1. The second-order valence-corrected chi connectivity index (χ2v) is 9.32. The minimum absolute atomic E-state index is 0.0792. The first-order valence-corrected chi connectivity index (χ1v) is 10.4. The summed E-state index contributed by atoms with van der Waals surface area (Å²) < 4.78 is 34.9. The van der Waals surface area contributed by atoms with Crippen LogP contribution in [0.1, 0.15) is 52.0 Å². The van der Waals surface area contributed by atoms with Crippen LogP contribution < -0.4 is 0 Å². The number of carbonyl (C=O) groups is 1. The summed E-state index contributed by atoms with van der Waals surface area (Å²) in [5, 5.41) is 0. The van der Waals surface area contributed by atoms with Gasteiger partial charge in [0.25, 0.3) is 10.1 Å². The number of nitrogens with zero attached hydrogens (tertiary/aromatic N) is 1. The molecule has 0 N–H and O–H groups in total. The quantitative estimate of drug-likeness (QED) is 0.550. The van der Waals surface area contributed by atoms with Crippen molar-refractivity contribution in [1.82, 2.24) is 4.90 Å². The topological polar surface area (TPSA) is 72.9 Å². The van der Waals surface area contributed by atoms with E-state index in [0.717, 1.165) is 18.4 Å². The molecule has 7 heteroatoms. The van der Waals surface area contributed by atoms with Gasteiger partial charge in [-0.15, -0.1) is 0 Å². The van der Waals surface area contributed by atoms with Crippen LogP contribution in [0.25, 0.3) is 0 Å². The van der Waals surface area contributed by atoms with Crippen molar-refractivity contribution in [3.8, 4) is 0 Å². The van der Waals surface area contributed by atoms with Crippen molar-refractivity contribution in [3.05, 3.63) is 29.8 Å². The average Bonchev–Trinajstić information content (AvgIpc) is 2.99. The molecule has 1 aromatic rings. The summed E-state index contributed by atoms with van der Waals surface area (Å²) in [6.45, 7) is 8.23. The van der Waals surface area contributed by atoms with Crippen molar-refractivity contribution in [3.63, 3.8) is 0 Å². The molecule has 0 spiro atoms. The summed E-state index contributed by atoms with van der Waals surface area (Å²) in [5.74, 6) is 0. The summed E-state index contributed by atoms with van der Waals surface area (Å²) in [6.07, 6.45) is 2.81. The molecule has 2 rings (SSSR count). The van der Waals surface area contributed by atoms with Crippen LogP contribution in [0, 0.1) is 6.92 Å². The molecule has 26 heavy (non-hydrogen) atoms. The van der Waals surface area contributed by atoms with E-state index in [2.05, 4.69) is 0 Å². The molecular formula is C19H29NO5S. The van der Waals surface area contributed by atoms with Crippen LogP contribution >= 0.6 is 0 Å². The molecule has 1 saturated heterocycles. The first kappa shape index (κ1) is 20.7. The van der Waals surface area contributed by atoms with E-state index in [1.54, 1.807) is 29.2 Å². The number of benzene rings is 1. The lowest BCUT2D eigenvalue weighted by Gasteiger charge is -2.28. The molecule has 6 nitrogen and oxygen atoms in total. The molecule has 0 unspecified atom stereocenters. The molecular weight excluding hydrogens is 354 g/mol. The van der Waals surface area contributed by atoms with E-state index in [1.165, 1.54) is 0 Å². The van der Waals surface area contributed by atoms with Crippen molar-refractivity contribution in [2.24, 2.45) is 0 Å². The summed E-state index contributed by atoms with van der Waals surface area (Å²) in [5.41, 5.74) is 0.475. The molecule has 1 aliphatic heterocycles. The van der Waals surface area contributed by atoms with E-state index in [0.29, 0.717) is 19.4 Å². The smallest absolute Gasteiger partial charge is 0.410 e. The normalized spacial score (nSPS) is 18.2. The zero-order valence-electron chi connectivity index (χ0n) is 16.0. The number of hydrogen-bond donors (Lipinski definition) is 0. The first-order valence-electron chi connectivity index (χ1n) is 9.04. The minimum atomic E-state index is -3.73. The molecule has 0 bridgehead atoms. The van der Waals surface area contributed by atoms with Crippen molar-refractivity contribution >= 4 is 16.2 Å². The van der Waals surface area contributed by atoms with Crippen LogP contribution in [0.3, 0.4) is 0 Å². The molecule has 1 aromatic carbocycles. The first-order chi connectivity index (χ1) is 12.1. The molecule has 0 saturated carbocycles. The number of hydrogen-bond acceptors (Lipinski definition) is 5. The van der Waals surface area contributed by atoms with Crippen LogP contribution in [0.15, 0.2) is 29.2 Å². The third-order valence-electron chi connectivity index (χ3n) is 4.23. The molecule has 0 aliphatic carbocycles. The summed E-state index contributed by atoms with van der Waals surface area (Å²) in [7, 11) is -3.73. The van der Waals surface area contributed by atoms with Gasteiger partial charge in [0.1, 0.15) is 5.60 Å². The second kappa shape index (κ2) is 8.39. The van der Waals surface area contributed by atoms with Gasteiger partial charge in [0.05, 0.1) is 11.5 Å². The molecule has 146 valence electrons. The Bertz CT molecular complexity index is 706. The van der Waals surface area contributed by atoms with E-state index in [9.17, 15) is 13.2 Å². The Morgan fingerprint density at radius 2 is 1.88 bits per heavy atom. The number of carbonyl (C=O) groups excluding carboxylic acids is 1. The maximum Gasteiger partial charge on any atom is 0.410 e. The highest BCUT2D eigenvalue weighted by atomic mass is 32.2. The number of amides is 1. The Kier molecular flexibility index (Phi) is 6.69. The van der Waals surface area contributed by atoms with Gasteiger partial charge in [0.15, 0.2) is 0 Å². The van der Waals surface area contributed by atoms with Gasteiger partial charge >= 0.3 is 6.09 Å². The fraction of sp³-hybridized carbons (Fsp3) is 0.632. The Morgan fingerprint density at radius 1 is 1.23 bits per heavy atom. The molecule has 1 amide bonds. The third-order valence-corrected chi connectivity index (χ3v) is 5.56. The predicted molar refractivity (Wildman–Crippen MR) is 99.5 cm³/mol. The van der Waals surface area contributed by atoms with E-state index >= 15 is 0 Å². The molecule has 0 radical (unpaired) electrons. The van der Waals surface area contributed by atoms with Crippen molar-refractivity contribution < 1.29 is 22.1 Å². The minimum Gasteiger partial charge on any atom is -0.444 e. The highest BCUT2D eigenvalue weighted by Gasteiger charge is 2.31. The molecule has 1 heterocycles. The molecule has 1 atom stereocenters. The van der Waals surface area contributed by atoms with E-state index < -0.39 is 15.7 Å². The third kappa shape index (κ3) is 5.99. The zero-order chi connectivity index (χ0) is 19.4. The van der Waals surface area contributed by atoms with Crippen molar-refractivity contribution in [2.45, 2.75) is 69.9 Å². The van der Waals surface area contributed by atoms with Gasteiger partial charge in [0, 0.05) is 12.6 Å². The lowest BCUT2D eigenvalue weighted by Crippen LogP contribution is -2.39. The lowest BCUT2D eigenvalue weighted by molar-refractivity contribution is 0.0216. The van der Waals surface area contributed by atoms with E-state index in [-0.39, 0.29) is 23.6 Å². The number of rotatable bonds is 6. The lowest BCUT2D eigenvalue weighted by atomic mass is 10.1. The maximum absolute atomic E-state index is 12.3. The molecule has 1 aliphatic rings. The monoisotopic (exact) mass is 383 g/mol. The standard InChI is InChI=1S/C19H29NO5S/c1-15-9-11-17(12-10-15)26(22,23)24-14-6-8-16-7-5-13-20(16)18(21)25-19(2,3)4/h9-12,16H,5-8,13-14H2,1-4H3/t16-/m0/s1. The largest absolute Gasteiger partial charge is 0.444 e. The highest BCUT2D eigenvalue weighted by molar-refractivity contribution is 7.86. The Balaban J connectivity index is 1.81. The van der Waals surface area contributed by atoms with Crippen LogP contribution in [0.2, 0.25) is 0 Å². The summed E-state index contributed by atoms with van der Waals surface area (Å²) in [6, 6.07) is 6.66. The number of aryl methyl sites for hydroxylation is 1. The van der Waals surface area contributed by atoms with Gasteiger partial charge in [-0.05, 0) is 65.5 Å². The summed E-state index contributed by atoms with van der Waals surface area (Å²) >= 11 is 0. The van der Waals surface area contributed by atoms with Gasteiger partial charge in [-0.25, -0.2) is 4.79 Å². The van der Waals surface area contributed by atoms with Crippen LogP contribution in [-0.2, 0) is 19.0 Å². The fourth-order valence-electron chi connectivity index (χ4n) is 2.96. The van der Waals surface area contributed by atoms with E-state index in [1.807, 2.05) is 27.7 Å². The zero-order valence-corrected chi connectivity index (χ0v) is 16.8. The average molecular weight is 384 g/mol. The van der Waals surface area contributed by atoms with Gasteiger partial charge in [0.2, 0.25) is 0 Å². The van der Waals surface area contributed by atoms with Crippen LogP contribution in [0.5, 0.6) is 0 Å². The maximum atomic E-state index is 12.3.